The maximum Gasteiger partial charge on any atom is 0.347 e. The van der Waals surface area contributed by atoms with Gasteiger partial charge in [0.25, 0.3) is 0 Å². The fourth-order valence-corrected chi connectivity index (χ4v) is 5.66. The quantitative estimate of drug-likeness (QED) is 0.249. The molecular weight excluding hydrogens is 647 g/mol. The Hall–Kier alpha value is -3.60. The molecule has 0 unspecified atom stereocenters. The standard InChI is InChI=1S/C35H44Cl2N2O8/c1-20(2)16-29-35(44)46-27(22(4)31(37)32(41)24-10-7-6-8-11-24)12-9-13-30(40)39-26(33(42)38-19-21(3)34(43)47-29)18-23-14-15-28(45-5)25(36)17-23/h6-11,13-15,17,20-22,26-27,29,31-32,41H,12,16,18-19H2,1-5H3,(H,38,42)(H,39,40)/b13-9+/t21-,22+,26-,27+,29+,31-,32+/m1/s1. The number of carbonyl (C=O) groups excluding carboxylic acids is 4. The van der Waals surface area contributed by atoms with Crippen molar-refractivity contribution in [3.8, 4) is 5.75 Å². The Morgan fingerprint density at radius 2 is 1.72 bits per heavy atom. The number of alkyl halides is 1. The molecule has 2 aromatic rings. The summed E-state index contributed by atoms with van der Waals surface area (Å²) in [5, 5.41) is 15.9. The maximum absolute atomic E-state index is 13.5. The van der Waals surface area contributed by atoms with E-state index in [-0.39, 0.29) is 31.7 Å². The summed E-state index contributed by atoms with van der Waals surface area (Å²) in [6, 6.07) is 12.9. The highest BCUT2D eigenvalue weighted by Gasteiger charge is 2.36. The van der Waals surface area contributed by atoms with Gasteiger partial charge in [0.1, 0.15) is 17.9 Å². The van der Waals surface area contributed by atoms with E-state index in [9.17, 15) is 24.3 Å². The zero-order valence-corrected chi connectivity index (χ0v) is 28.8. The van der Waals surface area contributed by atoms with E-state index < -0.39 is 65.3 Å². The second-order valence-electron chi connectivity index (χ2n) is 12.2. The summed E-state index contributed by atoms with van der Waals surface area (Å²) < 4.78 is 16.8. The summed E-state index contributed by atoms with van der Waals surface area (Å²) in [5.41, 5.74) is 1.27. The predicted molar refractivity (Wildman–Crippen MR) is 179 cm³/mol. The molecule has 3 rings (SSSR count). The highest BCUT2D eigenvalue weighted by Crippen LogP contribution is 2.31. The molecule has 0 saturated heterocycles. The van der Waals surface area contributed by atoms with Crippen LogP contribution in [0.5, 0.6) is 5.75 Å². The van der Waals surface area contributed by atoms with Crippen molar-refractivity contribution in [2.45, 2.75) is 76.7 Å². The van der Waals surface area contributed by atoms with Crippen LogP contribution in [0.1, 0.15) is 57.8 Å². The number of benzene rings is 2. The van der Waals surface area contributed by atoms with Gasteiger partial charge in [0, 0.05) is 25.3 Å². The molecule has 3 N–H and O–H groups in total. The Morgan fingerprint density at radius 3 is 2.36 bits per heavy atom. The molecule has 1 heterocycles. The Balaban J connectivity index is 1.92. The van der Waals surface area contributed by atoms with Gasteiger partial charge in [-0.05, 0) is 41.7 Å². The summed E-state index contributed by atoms with van der Waals surface area (Å²) in [6.45, 7) is 6.97. The van der Waals surface area contributed by atoms with Gasteiger partial charge in [-0.3, -0.25) is 14.4 Å². The number of hydrogen-bond donors (Lipinski definition) is 3. The van der Waals surface area contributed by atoms with Crippen LogP contribution < -0.4 is 15.4 Å². The number of aliphatic hydroxyl groups excluding tert-OH is 1. The van der Waals surface area contributed by atoms with E-state index in [0.29, 0.717) is 21.9 Å². The van der Waals surface area contributed by atoms with Crippen LogP contribution in [0.4, 0.5) is 0 Å². The minimum Gasteiger partial charge on any atom is -0.495 e. The molecule has 0 radical (unpaired) electrons. The van der Waals surface area contributed by atoms with Crippen molar-refractivity contribution >= 4 is 47.0 Å². The number of amides is 2. The molecule has 0 fully saturated rings. The van der Waals surface area contributed by atoms with Crippen LogP contribution in [-0.2, 0) is 35.1 Å². The fraction of sp³-hybridized carbons (Fsp3) is 0.486. The monoisotopic (exact) mass is 690 g/mol. The molecule has 2 amide bonds. The van der Waals surface area contributed by atoms with Crippen LogP contribution in [0.2, 0.25) is 5.02 Å². The molecule has 1 aliphatic heterocycles. The topological polar surface area (TPSA) is 140 Å². The normalized spacial score (nSPS) is 24.3. The van der Waals surface area contributed by atoms with Crippen LogP contribution in [0.25, 0.3) is 0 Å². The van der Waals surface area contributed by atoms with Crippen LogP contribution >= 0.6 is 23.2 Å². The Labute approximate surface area is 286 Å². The predicted octanol–water partition coefficient (Wildman–Crippen LogP) is 4.93. The van der Waals surface area contributed by atoms with Crippen LogP contribution in [0.3, 0.4) is 0 Å². The van der Waals surface area contributed by atoms with E-state index >= 15 is 0 Å². The van der Waals surface area contributed by atoms with Crippen molar-refractivity contribution < 1.29 is 38.5 Å². The SMILES string of the molecule is COc1ccc(C[C@H]2NC(=O)/C=C/C[C@@H]([C@H](C)[C@@H](Cl)[C@@H](O)c3ccccc3)OC(=O)[C@H](CC(C)C)OC(=O)[C@H](C)CNC2=O)cc1Cl. The number of rotatable bonds is 9. The van der Waals surface area contributed by atoms with Crippen molar-refractivity contribution in [2.75, 3.05) is 13.7 Å². The number of aliphatic hydroxyl groups is 1. The minimum absolute atomic E-state index is 0.0201. The van der Waals surface area contributed by atoms with Crippen molar-refractivity contribution in [1.29, 1.82) is 0 Å². The number of nitrogens with one attached hydrogen (secondary N) is 2. The number of carbonyl (C=O) groups is 4. The summed E-state index contributed by atoms with van der Waals surface area (Å²) >= 11 is 13.0. The molecule has 0 aromatic heterocycles. The summed E-state index contributed by atoms with van der Waals surface area (Å²) in [4.78, 5) is 53.0. The lowest BCUT2D eigenvalue weighted by atomic mass is 9.91. The van der Waals surface area contributed by atoms with E-state index in [4.69, 9.17) is 37.4 Å². The number of cyclic esters (lactones) is 2. The van der Waals surface area contributed by atoms with Crippen LogP contribution in [-0.4, -0.2) is 66.1 Å². The second-order valence-corrected chi connectivity index (χ2v) is 13.1. The zero-order chi connectivity index (χ0) is 34.7. The number of esters is 2. The first kappa shape index (κ1) is 37.9. The molecule has 0 saturated carbocycles. The van der Waals surface area contributed by atoms with Crippen molar-refractivity contribution in [2.24, 2.45) is 17.8 Å². The first-order valence-electron chi connectivity index (χ1n) is 15.7. The summed E-state index contributed by atoms with van der Waals surface area (Å²) in [7, 11) is 1.49. The van der Waals surface area contributed by atoms with Gasteiger partial charge in [-0.1, -0.05) is 81.8 Å². The van der Waals surface area contributed by atoms with Gasteiger partial charge in [0.2, 0.25) is 11.8 Å². The second kappa shape index (κ2) is 18.1. The third-order valence-electron chi connectivity index (χ3n) is 7.92. The van der Waals surface area contributed by atoms with Gasteiger partial charge in [-0.25, -0.2) is 4.79 Å². The fourth-order valence-electron chi connectivity index (χ4n) is 5.07. The van der Waals surface area contributed by atoms with E-state index in [1.165, 1.54) is 19.3 Å². The van der Waals surface area contributed by atoms with E-state index in [0.717, 1.165) is 0 Å². The van der Waals surface area contributed by atoms with Gasteiger partial charge in [0.05, 0.1) is 29.5 Å². The van der Waals surface area contributed by atoms with Gasteiger partial charge in [0.15, 0.2) is 6.10 Å². The summed E-state index contributed by atoms with van der Waals surface area (Å²) in [5.74, 6) is -3.51. The smallest absolute Gasteiger partial charge is 0.347 e. The van der Waals surface area contributed by atoms with E-state index in [1.807, 2.05) is 19.9 Å². The molecule has 1 aliphatic rings. The Bertz CT molecular complexity index is 1400. The van der Waals surface area contributed by atoms with Crippen molar-refractivity contribution in [3.05, 3.63) is 76.8 Å². The first-order chi connectivity index (χ1) is 22.3. The van der Waals surface area contributed by atoms with E-state index in [1.54, 1.807) is 56.3 Å². The Morgan fingerprint density at radius 1 is 1.02 bits per heavy atom. The minimum atomic E-state index is -1.21. The molecule has 10 nitrogen and oxygen atoms in total. The first-order valence-corrected chi connectivity index (χ1v) is 16.5. The molecule has 12 heteroatoms. The van der Waals surface area contributed by atoms with Gasteiger partial charge >= 0.3 is 11.9 Å². The summed E-state index contributed by atoms with van der Waals surface area (Å²) in [6.07, 6.45) is -0.0588. The van der Waals surface area contributed by atoms with Gasteiger partial charge < -0.3 is 30.0 Å². The maximum atomic E-state index is 13.5. The lowest BCUT2D eigenvalue weighted by molar-refractivity contribution is -0.176. The van der Waals surface area contributed by atoms with Crippen molar-refractivity contribution in [3.63, 3.8) is 0 Å². The molecule has 2 aromatic carbocycles. The van der Waals surface area contributed by atoms with E-state index in [2.05, 4.69) is 10.6 Å². The zero-order valence-electron chi connectivity index (χ0n) is 27.3. The van der Waals surface area contributed by atoms with Gasteiger partial charge in [-0.2, -0.15) is 0 Å². The van der Waals surface area contributed by atoms with Crippen molar-refractivity contribution in [1.82, 2.24) is 10.6 Å². The number of ether oxygens (including phenoxy) is 3. The largest absolute Gasteiger partial charge is 0.495 e. The third-order valence-corrected chi connectivity index (χ3v) is 8.85. The molecule has 7 atom stereocenters. The Kier molecular flexibility index (Phi) is 14.6. The number of hydrogen-bond acceptors (Lipinski definition) is 8. The third kappa shape index (κ3) is 11.3. The lowest BCUT2D eigenvalue weighted by Crippen LogP contribution is -2.49. The van der Waals surface area contributed by atoms with Gasteiger partial charge in [-0.15, -0.1) is 11.6 Å². The lowest BCUT2D eigenvalue weighted by Gasteiger charge is -2.31. The van der Waals surface area contributed by atoms with Crippen LogP contribution in [0, 0.1) is 17.8 Å². The molecule has 256 valence electrons. The molecular formula is C35H44Cl2N2O8. The highest BCUT2D eigenvalue weighted by molar-refractivity contribution is 6.32. The average molecular weight is 692 g/mol. The molecule has 0 bridgehead atoms. The number of halogens is 2. The molecule has 47 heavy (non-hydrogen) atoms. The van der Waals surface area contributed by atoms with Crippen LogP contribution in [0.15, 0.2) is 60.7 Å². The highest BCUT2D eigenvalue weighted by atomic mass is 35.5. The number of methoxy groups -OCH3 is 1. The average Bonchev–Trinajstić information content (AvgIpc) is 3.04. The molecule has 0 spiro atoms. The molecule has 0 aliphatic carbocycles.